The van der Waals surface area contributed by atoms with Crippen LogP contribution in [0.2, 0.25) is 0 Å². The molecule has 1 amide bonds. The number of aliphatic imine (C=N–C) groups is 1. The molecule has 2 aromatic rings. The van der Waals surface area contributed by atoms with Gasteiger partial charge in [0.2, 0.25) is 0 Å². The summed E-state index contributed by atoms with van der Waals surface area (Å²) in [6.07, 6.45) is 2.31. The molecule has 0 radical (unpaired) electrons. The Morgan fingerprint density at radius 1 is 1.08 bits per heavy atom. The van der Waals surface area contributed by atoms with Crippen molar-refractivity contribution in [2.75, 3.05) is 14.2 Å². The second-order valence-corrected chi connectivity index (χ2v) is 5.82. The summed E-state index contributed by atoms with van der Waals surface area (Å²) >= 11 is 0. The molecule has 0 unspecified atom stereocenters. The molecule has 0 saturated heterocycles. The first kappa shape index (κ1) is 16.8. The van der Waals surface area contributed by atoms with Gasteiger partial charge in [-0.25, -0.2) is 4.99 Å². The highest BCUT2D eigenvalue weighted by molar-refractivity contribution is 6.14. The van der Waals surface area contributed by atoms with Gasteiger partial charge in [-0.3, -0.25) is 4.79 Å². The number of hydrogen-bond acceptors (Lipinski definition) is 4. The molecule has 3 rings (SSSR count). The van der Waals surface area contributed by atoms with Crippen molar-refractivity contribution in [3.8, 4) is 11.5 Å². The summed E-state index contributed by atoms with van der Waals surface area (Å²) in [4.78, 5) is 16.6. The highest BCUT2D eigenvalue weighted by atomic mass is 16.5. The zero-order chi connectivity index (χ0) is 17.8. The third kappa shape index (κ3) is 3.88. The summed E-state index contributed by atoms with van der Waals surface area (Å²) in [5, 5.41) is 2.82. The van der Waals surface area contributed by atoms with Gasteiger partial charge in [-0.05, 0) is 36.3 Å². The minimum atomic E-state index is -0.183. The number of nitrogens with one attached hydrogen (secondary N) is 1. The number of aryl methyl sites for hydroxylation is 1. The number of rotatable bonds is 5. The van der Waals surface area contributed by atoms with Crippen LogP contribution >= 0.6 is 0 Å². The molecule has 0 aliphatic carbocycles. The quantitative estimate of drug-likeness (QED) is 0.854. The van der Waals surface area contributed by atoms with E-state index in [0.29, 0.717) is 29.5 Å². The number of methoxy groups -OCH3 is 2. The van der Waals surface area contributed by atoms with Crippen LogP contribution in [-0.4, -0.2) is 26.0 Å². The van der Waals surface area contributed by atoms with Crippen LogP contribution in [0.5, 0.6) is 11.5 Å². The van der Waals surface area contributed by atoms with Gasteiger partial charge in [-0.2, -0.15) is 0 Å². The zero-order valence-electron chi connectivity index (χ0n) is 14.5. The third-order valence-corrected chi connectivity index (χ3v) is 3.91. The lowest BCUT2D eigenvalue weighted by Gasteiger charge is -2.09. The number of amides is 1. The molecular weight excluding hydrogens is 316 g/mol. The Kier molecular flexibility index (Phi) is 4.84. The summed E-state index contributed by atoms with van der Waals surface area (Å²) in [6.45, 7) is 2.02. The van der Waals surface area contributed by atoms with Crippen LogP contribution in [0.4, 0.5) is 0 Å². The Morgan fingerprint density at radius 2 is 1.88 bits per heavy atom. The normalized spacial score (nSPS) is 15.1. The third-order valence-electron chi connectivity index (χ3n) is 3.91. The molecule has 0 bridgehead atoms. The van der Waals surface area contributed by atoms with Crippen molar-refractivity contribution in [3.63, 3.8) is 0 Å². The maximum Gasteiger partial charge on any atom is 0.275 e. The van der Waals surface area contributed by atoms with Crippen LogP contribution in [0.1, 0.15) is 16.7 Å². The molecule has 0 spiro atoms. The first-order chi connectivity index (χ1) is 12.1. The highest BCUT2D eigenvalue weighted by Crippen LogP contribution is 2.28. The molecule has 0 fully saturated rings. The zero-order valence-corrected chi connectivity index (χ0v) is 14.5. The number of benzene rings is 2. The van der Waals surface area contributed by atoms with E-state index in [1.165, 1.54) is 0 Å². The largest absolute Gasteiger partial charge is 0.493 e. The molecule has 0 saturated carbocycles. The monoisotopic (exact) mass is 336 g/mol. The maximum atomic E-state index is 12.1. The van der Waals surface area contributed by atoms with Crippen molar-refractivity contribution < 1.29 is 14.3 Å². The molecular formula is C20H20N2O3. The van der Waals surface area contributed by atoms with Crippen LogP contribution in [0.25, 0.3) is 6.08 Å². The SMILES string of the molecule is COc1ccc(CC2=N/C(=C/c3cccc(C)c3)C(=O)N2)cc1OC. The molecule has 1 aliphatic heterocycles. The molecule has 1 heterocycles. The van der Waals surface area contributed by atoms with E-state index in [9.17, 15) is 4.79 Å². The number of ether oxygens (including phenoxy) is 2. The predicted octanol–water partition coefficient (Wildman–Crippen LogP) is 3.12. The van der Waals surface area contributed by atoms with Gasteiger partial charge in [0, 0.05) is 6.42 Å². The lowest BCUT2D eigenvalue weighted by molar-refractivity contribution is -0.115. The Hall–Kier alpha value is -3.08. The summed E-state index contributed by atoms with van der Waals surface area (Å²) < 4.78 is 10.5. The summed E-state index contributed by atoms with van der Waals surface area (Å²) in [5.74, 6) is 1.76. The van der Waals surface area contributed by atoms with E-state index in [1.807, 2.05) is 49.4 Å². The van der Waals surface area contributed by atoms with Crippen molar-refractivity contribution >= 4 is 17.8 Å². The number of carbonyl (C=O) groups excluding carboxylic acids is 1. The average Bonchev–Trinajstić information content (AvgIpc) is 2.94. The van der Waals surface area contributed by atoms with Gasteiger partial charge < -0.3 is 14.8 Å². The first-order valence-electron chi connectivity index (χ1n) is 7.97. The van der Waals surface area contributed by atoms with E-state index in [0.717, 1.165) is 16.7 Å². The number of nitrogens with zero attached hydrogens (tertiary/aromatic N) is 1. The van der Waals surface area contributed by atoms with E-state index >= 15 is 0 Å². The topological polar surface area (TPSA) is 59.9 Å². The smallest absolute Gasteiger partial charge is 0.275 e. The molecule has 0 atom stereocenters. The van der Waals surface area contributed by atoms with E-state index in [-0.39, 0.29) is 5.91 Å². The van der Waals surface area contributed by atoms with E-state index in [2.05, 4.69) is 10.3 Å². The van der Waals surface area contributed by atoms with Gasteiger partial charge >= 0.3 is 0 Å². The molecule has 0 aromatic heterocycles. The Morgan fingerprint density at radius 3 is 2.60 bits per heavy atom. The van der Waals surface area contributed by atoms with Gasteiger partial charge in [-0.1, -0.05) is 35.9 Å². The Bertz CT molecular complexity index is 869. The second-order valence-electron chi connectivity index (χ2n) is 5.82. The van der Waals surface area contributed by atoms with Crippen molar-refractivity contribution in [2.24, 2.45) is 4.99 Å². The van der Waals surface area contributed by atoms with Crippen molar-refractivity contribution in [3.05, 3.63) is 64.9 Å². The number of amidine groups is 1. The van der Waals surface area contributed by atoms with Gasteiger partial charge in [0.25, 0.3) is 5.91 Å². The molecule has 128 valence electrons. The lowest BCUT2D eigenvalue weighted by atomic mass is 10.1. The predicted molar refractivity (Wildman–Crippen MR) is 98.0 cm³/mol. The van der Waals surface area contributed by atoms with Gasteiger partial charge in [0.1, 0.15) is 11.5 Å². The fourth-order valence-corrected chi connectivity index (χ4v) is 2.70. The van der Waals surface area contributed by atoms with Crippen molar-refractivity contribution in [2.45, 2.75) is 13.3 Å². The number of carbonyl (C=O) groups is 1. The minimum absolute atomic E-state index is 0.183. The van der Waals surface area contributed by atoms with Crippen molar-refractivity contribution in [1.82, 2.24) is 5.32 Å². The molecule has 25 heavy (non-hydrogen) atoms. The fourth-order valence-electron chi connectivity index (χ4n) is 2.70. The highest BCUT2D eigenvalue weighted by Gasteiger charge is 2.20. The van der Waals surface area contributed by atoms with Gasteiger partial charge in [0.15, 0.2) is 11.5 Å². The van der Waals surface area contributed by atoms with Crippen LogP contribution in [0.3, 0.4) is 0 Å². The van der Waals surface area contributed by atoms with Gasteiger partial charge in [0.05, 0.1) is 14.2 Å². The first-order valence-corrected chi connectivity index (χ1v) is 7.97. The van der Waals surface area contributed by atoms with E-state index < -0.39 is 0 Å². The summed E-state index contributed by atoms with van der Waals surface area (Å²) in [5.41, 5.74) is 3.50. The summed E-state index contributed by atoms with van der Waals surface area (Å²) in [7, 11) is 3.19. The lowest BCUT2D eigenvalue weighted by Crippen LogP contribution is -2.25. The second kappa shape index (κ2) is 7.21. The molecule has 5 heteroatoms. The van der Waals surface area contributed by atoms with Crippen LogP contribution in [0, 0.1) is 6.92 Å². The van der Waals surface area contributed by atoms with Crippen LogP contribution in [0.15, 0.2) is 53.2 Å². The van der Waals surface area contributed by atoms with E-state index in [4.69, 9.17) is 9.47 Å². The molecule has 2 aromatic carbocycles. The summed E-state index contributed by atoms with van der Waals surface area (Å²) in [6, 6.07) is 13.6. The minimum Gasteiger partial charge on any atom is -0.493 e. The number of hydrogen-bond donors (Lipinski definition) is 1. The molecule has 5 nitrogen and oxygen atoms in total. The average molecular weight is 336 g/mol. The van der Waals surface area contributed by atoms with Crippen LogP contribution < -0.4 is 14.8 Å². The fraction of sp³-hybridized carbons (Fsp3) is 0.200. The Labute approximate surface area is 147 Å². The molecule has 1 N–H and O–H groups in total. The van der Waals surface area contributed by atoms with Crippen molar-refractivity contribution in [1.29, 1.82) is 0 Å². The Balaban J connectivity index is 1.81. The standard InChI is InChI=1S/C20H20N2O3/c1-13-5-4-6-14(9-13)10-16-20(23)22-19(21-16)12-15-7-8-17(24-2)18(11-15)25-3/h4-11H,12H2,1-3H3,(H,21,22,23)/b16-10+. The molecule has 1 aliphatic rings. The van der Waals surface area contributed by atoms with Crippen LogP contribution in [-0.2, 0) is 11.2 Å². The van der Waals surface area contributed by atoms with E-state index in [1.54, 1.807) is 20.3 Å². The maximum absolute atomic E-state index is 12.1. The van der Waals surface area contributed by atoms with Gasteiger partial charge in [-0.15, -0.1) is 0 Å².